The molecule has 3 heterocycles. The zero-order valence-electron chi connectivity index (χ0n) is 27.5. The molecule has 2 fully saturated rings. The van der Waals surface area contributed by atoms with Crippen LogP contribution in [-0.4, -0.2) is 61.6 Å². The molecule has 0 bridgehead atoms. The summed E-state index contributed by atoms with van der Waals surface area (Å²) in [5.41, 5.74) is 0.556. The first-order valence-corrected chi connectivity index (χ1v) is 16.2. The van der Waals surface area contributed by atoms with Crippen LogP contribution in [-0.2, 0) is 23.9 Å². The Kier molecular flexibility index (Phi) is 9.54. The fraction of sp³-hybridized carbons (Fsp3) is 0.229. The molecule has 2 aliphatic rings. The molecule has 1 aromatic heterocycles. The molecule has 2 saturated heterocycles. The highest BCUT2D eigenvalue weighted by molar-refractivity contribution is 7.19. The quantitative estimate of drug-likeness (QED) is 0.0687. The Morgan fingerprint density at radius 2 is 1.67 bits per heavy atom. The van der Waals surface area contributed by atoms with Crippen molar-refractivity contribution in [3.63, 3.8) is 0 Å². The van der Waals surface area contributed by atoms with E-state index in [1.165, 1.54) is 55.5 Å². The van der Waals surface area contributed by atoms with Crippen molar-refractivity contribution < 1.29 is 52.7 Å². The first-order chi connectivity index (χ1) is 24.5. The number of nitrogens with zero attached hydrogens (tertiary/aromatic N) is 3. The molecule has 3 unspecified atom stereocenters. The van der Waals surface area contributed by atoms with Gasteiger partial charge in [0.05, 0.1) is 48.6 Å². The van der Waals surface area contributed by atoms with Crippen LogP contribution in [0.5, 0.6) is 11.5 Å². The van der Waals surface area contributed by atoms with Gasteiger partial charge in [0.2, 0.25) is 5.91 Å². The van der Waals surface area contributed by atoms with Gasteiger partial charge in [-0.05, 0) is 55.3 Å². The van der Waals surface area contributed by atoms with Crippen molar-refractivity contribution in [3.05, 3.63) is 110 Å². The molecule has 3 atom stereocenters. The van der Waals surface area contributed by atoms with Gasteiger partial charge in [0.25, 0.3) is 11.6 Å². The number of imide groups is 1. The second-order valence-corrected chi connectivity index (χ2v) is 12.2. The van der Waals surface area contributed by atoms with Gasteiger partial charge in [0.1, 0.15) is 15.8 Å². The SMILES string of the molecule is CCOC(=O)c1sc(N2C(=O)C3ON(c4cccc([N+](=O)[O-])c4)C(c4ccc(OC(=O)c5ccccc5)c(OC)c4)C3C2=O)c(C(=O)OC)c1C. The summed E-state index contributed by atoms with van der Waals surface area (Å²) in [6.07, 6.45) is -1.46. The number of hydrogen-bond acceptors (Lipinski definition) is 14. The molecule has 0 aliphatic carbocycles. The Bertz CT molecular complexity index is 2080. The highest BCUT2D eigenvalue weighted by Crippen LogP contribution is 2.51. The Morgan fingerprint density at radius 3 is 2.33 bits per heavy atom. The van der Waals surface area contributed by atoms with Gasteiger partial charge in [0.15, 0.2) is 17.6 Å². The Balaban J connectivity index is 1.44. The average molecular weight is 716 g/mol. The third kappa shape index (κ3) is 6.15. The van der Waals surface area contributed by atoms with E-state index in [-0.39, 0.29) is 50.5 Å². The van der Waals surface area contributed by atoms with Crippen molar-refractivity contribution in [1.29, 1.82) is 0 Å². The number of nitro groups is 1. The van der Waals surface area contributed by atoms with Gasteiger partial charge in [0, 0.05) is 12.1 Å². The summed E-state index contributed by atoms with van der Waals surface area (Å²) >= 11 is 0.729. The topological polar surface area (TPSA) is 181 Å². The molecule has 3 aromatic carbocycles. The fourth-order valence-electron chi connectivity index (χ4n) is 6.00. The summed E-state index contributed by atoms with van der Waals surface area (Å²) in [6.45, 7) is 3.13. The van der Waals surface area contributed by atoms with E-state index in [0.717, 1.165) is 23.3 Å². The third-order valence-corrected chi connectivity index (χ3v) is 9.59. The number of hydroxylamine groups is 1. The van der Waals surface area contributed by atoms with Gasteiger partial charge in [-0.2, -0.15) is 0 Å². The van der Waals surface area contributed by atoms with Crippen molar-refractivity contribution in [2.75, 3.05) is 30.8 Å². The number of carbonyl (C=O) groups excluding carboxylic acids is 5. The summed E-state index contributed by atoms with van der Waals surface area (Å²) in [5.74, 6) is -4.99. The van der Waals surface area contributed by atoms with E-state index in [4.69, 9.17) is 23.8 Å². The van der Waals surface area contributed by atoms with Gasteiger partial charge in [-0.1, -0.05) is 30.3 Å². The maximum Gasteiger partial charge on any atom is 0.348 e. The molecule has 262 valence electrons. The van der Waals surface area contributed by atoms with Crippen molar-refractivity contribution in [2.24, 2.45) is 5.92 Å². The minimum absolute atomic E-state index is 0.00553. The van der Waals surface area contributed by atoms with E-state index < -0.39 is 52.7 Å². The minimum atomic E-state index is -1.46. The number of esters is 3. The molecule has 0 N–H and O–H groups in total. The lowest BCUT2D eigenvalue weighted by Gasteiger charge is -2.29. The van der Waals surface area contributed by atoms with Crippen molar-refractivity contribution in [2.45, 2.75) is 26.0 Å². The maximum absolute atomic E-state index is 14.5. The number of rotatable bonds is 10. The predicted molar refractivity (Wildman–Crippen MR) is 180 cm³/mol. The van der Waals surface area contributed by atoms with Crippen LogP contribution >= 0.6 is 11.3 Å². The lowest BCUT2D eigenvalue weighted by atomic mass is 9.90. The second kappa shape index (κ2) is 14.0. The van der Waals surface area contributed by atoms with Gasteiger partial charge in [-0.25, -0.2) is 24.3 Å². The molecule has 16 heteroatoms. The predicted octanol–water partition coefficient (Wildman–Crippen LogP) is 5.21. The van der Waals surface area contributed by atoms with E-state index in [0.29, 0.717) is 11.1 Å². The third-order valence-electron chi connectivity index (χ3n) is 8.33. The van der Waals surface area contributed by atoms with Crippen LogP contribution < -0.4 is 19.4 Å². The van der Waals surface area contributed by atoms with E-state index in [9.17, 15) is 34.1 Å². The molecule has 2 aliphatic heterocycles. The number of hydrogen-bond donors (Lipinski definition) is 0. The molecular weight excluding hydrogens is 686 g/mol. The summed E-state index contributed by atoms with van der Waals surface area (Å²) in [4.78, 5) is 85.2. The fourth-order valence-corrected chi connectivity index (χ4v) is 7.20. The zero-order chi connectivity index (χ0) is 36.6. The summed E-state index contributed by atoms with van der Waals surface area (Å²) in [6, 6.07) is 17.2. The standard InChI is InChI=1S/C35H29N3O12S/c1-5-48-35(43)29-18(2)25(34(42)47-4)32(51-29)36-30(39)26-27(37(50-28(26)31(36)40)21-12-9-13-22(17-21)38(44)45)20-14-15-23(24(16-20)46-3)49-33(41)19-10-7-6-8-11-19/h6-17,26-28H,5H2,1-4H3. The summed E-state index contributed by atoms with van der Waals surface area (Å²) < 4.78 is 21.2. The smallest absolute Gasteiger partial charge is 0.348 e. The number of fused-ring (bicyclic) bond motifs is 1. The normalized spacial score (nSPS) is 18.0. The number of carbonyl (C=O) groups is 5. The number of anilines is 2. The number of methoxy groups -OCH3 is 2. The molecule has 15 nitrogen and oxygen atoms in total. The van der Waals surface area contributed by atoms with Crippen LogP contribution in [0.2, 0.25) is 0 Å². The van der Waals surface area contributed by atoms with Gasteiger partial charge >= 0.3 is 17.9 Å². The zero-order valence-corrected chi connectivity index (χ0v) is 28.3. The molecule has 0 saturated carbocycles. The lowest BCUT2D eigenvalue weighted by molar-refractivity contribution is -0.384. The van der Waals surface area contributed by atoms with Gasteiger partial charge < -0.3 is 18.9 Å². The number of nitro benzene ring substituents is 1. The Morgan fingerprint density at radius 1 is 0.922 bits per heavy atom. The Hall–Kier alpha value is -6.13. The molecular formula is C35H29N3O12S. The largest absolute Gasteiger partial charge is 0.493 e. The minimum Gasteiger partial charge on any atom is -0.493 e. The first-order valence-electron chi connectivity index (χ1n) is 15.4. The first kappa shape index (κ1) is 34.7. The van der Waals surface area contributed by atoms with Crippen LogP contribution in [0.1, 0.15) is 54.5 Å². The highest BCUT2D eigenvalue weighted by Gasteiger charge is 2.61. The maximum atomic E-state index is 14.5. The molecule has 0 radical (unpaired) electrons. The van der Waals surface area contributed by atoms with Crippen LogP contribution in [0.15, 0.2) is 72.8 Å². The number of thiophene rings is 1. The van der Waals surface area contributed by atoms with E-state index >= 15 is 0 Å². The molecule has 0 spiro atoms. The van der Waals surface area contributed by atoms with E-state index in [1.807, 2.05) is 0 Å². The average Bonchev–Trinajstić information content (AvgIpc) is 3.77. The number of benzene rings is 3. The molecule has 2 amide bonds. The van der Waals surface area contributed by atoms with Crippen LogP contribution in [0.4, 0.5) is 16.4 Å². The molecule has 4 aromatic rings. The molecule has 6 rings (SSSR count). The number of amides is 2. The number of non-ortho nitro benzene ring substituents is 1. The van der Waals surface area contributed by atoms with Crippen molar-refractivity contribution in [1.82, 2.24) is 0 Å². The van der Waals surface area contributed by atoms with Crippen LogP contribution in [0.25, 0.3) is 0 Å². The van der Waals surface area contributed by atoms with Gasteiger partial charge in [-0.3, -0.25) is 24.5 Å². The second-order valence-electron chi connectivity index (χ2n) is 11.2. The monoisotopic (exact) mass is 715 g/mol. The Labute approximate surface area is 293 Å². The van der Waals surface area contributed by atoms with E-state index in [2.05, 4.69) is 0 Å². The number of ether oxygens (including phenoxy) is 4. The van der Waals surface area contributed by atoms with Crippen molar-refractivity contribution >= 4 is 57.4 Å². The summed E-state index contributed by atoms with van der Waals surface area (Å²) in [7, 11) is 2.48. The van der Waals surface area contributed by atoms with E-state index in [1.54, 1.807) is 43.3 Å². The van der Waals surface area contributed by atoms with Crippen LogP contribution in [0.3, 0.4) is 0 Å². The highest BCUT2D eigenvalue weighted by atomic mass is 32.1. The molecule has 51 heavy (non-hydrogen) atoms. The van der Waals surface area contributed by atoms with Crippen LogP contribution in [0, 0.1) is 23.0 Å². The summed E-state index contributed by atoms with van der Waals surface area (Å²) in [5, 5.41) is 12.8. The lowest BCUT2D eigenvalue weighted by Crippen LogP contribution is -2.37. The van der Waals surface area contributed by atoms with Gasteiger partial charge in [-0.15, -0.1) is 11.3 Å². The van der Waals surface area contributed by atoms with Crippen molar-refractivity contribution in [3.8, 4) is 11.5 Å².